The number of anilines is 2. The van der Waals surface area contributed by atoms with Crippen LogP contribution in [-0.2, 0) is 23.0 Å². The van der Waals surface area contributed by atoms with Crippen LogP contribution in [0.25, 0.3) is 0 Å². The van der Waals surface area contributed by atoms with Crippen LogP contribution in [0.15, 0.2) is 47.4 Å². The minimum atomic E-state index is -3.60. The monoisotopic (exact) mass is 413 g/mol. The molecule has 0 saturated heterocycles. The number of nitrogen functional groups attached to an aromatic ring is 1. The van der Waals surface area contributed by atoms with Crippen molar-refractivity contribution in [2.45, 2.75) is 62.9 Å². The summed E-state index contributed by atoms with van der Waals surface area (Å²) in [5, 5.41) is 0. The zero-order valence-corrected chi connectivity index (χ0v) is 18.0. The molecular weight excluding hydrogens is 382 g/mol. The van der Waals surface area contributed by atoms with Crippen LogP contribution in [0.2, 0.25) is 0 Å². The second kappa shape index (κ2) is 8.36. The van der Waals surface area contributed by atoms with Crippen LogP contribution in [0.4, 0.5) is 11.4 Å². The lowest BCUT2D eigenvalue weighted by molar-refractivity contribution is 0.316. The molecule has 2 aromatic rings. The zero-order chi connectivity index (χ0) is 20.4. The lowest BCUT2D eigenvalue weighted by Gasteiger charge is -2.32. The lowest BCUT2D eigenvalue weighted by atomic mass is 9.99. The van der Waals surface area contributed by atoms with E-state index >= 15 is 0 Å². The number of nitrogens with two attached hydrogens (primary N) is 1. The van der Waals surface area contributed by atoms with Gasteiger partial charge >= 0.3 is 0 Å². The number of hydrogen-bond acceptors (Lipinski definition) is 4. The summed E-state index contributed by atoms with van der Waals surface area (Å²) in [6.45, 7) is 4.70. The minimum absolute atomic E-state index is 0.0598. The summed E-state index contributed by atoms with van der Waals surface area (Å²) in [6.07, 6.45) is 6.24. The van der Waals surface area contributed by atoms with Gasteiger partial charge in [0.05, 0.1) is 4.90 Å². The molecular formula is C23H31N3O2S. The van der Waals surface area contributed by atoms with E-state index in [9.17, 15) is 8.42 Å². The Labute approximate surface area is 174 Å². The van der Waals surface area contributed by atoms with E-state index in [-0.39, 0.29) is 6.04 Å². The summed E-state index contributed by atoms with van der Waals surface area (Å²) < 4.78 is 28.8. The third-order valence-electron chi connectivity index (χ3n) is 6.28. The van der Waals surface area contributed by atoms with Gasteiger partial charge in [0, 0.05) is 37.1 Å². The van der Waals surface area contributed by atoms with Crippen LogP contribution in [0.1, 0.15) is 50.2 Å². The van der Waals surface area contributed by atoms with E-state index in [0.717, 1.165) is 57.2 Å². The summed E-state index contributed by atoms with van der Waals surface area (Å²) >= 11 is 0. The van der Waals surface area contributed by atoms with Crippen molar-refractivity contribution >= 4 is 21.4 Å². The molecule has 4 rings (SSSR count). The smallest absolute Gasteiger partial charge is 0.243 e. The molecule has 0 bridgehead atoms. The highest BCUT2D eigenvalue weighted by atomic mass is 32.2. The molecule has 29 heavy (non-hydrogen) atoms. The summed E-state index contributed by atoms with van der Waals surface area (Å²) in [7, 11) is -3.60. The first-order chi connectivity index (χ1) is 14.0. The van der Waals surface area contributed by atoms with E-state index in [4.69, 9.17) is 5.73 Å². The number of aryl methyl sites for hydroxylation is 1. The van der Waals surface area contributed by atoms with Gasteiger partial charge in [-0.15, -0.1) is 0 Å². The first-order valence-electron chi connectivity index (χ1n) is 10.7. The fraction of sp³-hybridized carbons (Fsp3) is 0.478. The quantitative estimate of drug-likeness (QED) is 0.722. The number of nitrogens with zero attached hydrogens (tertiary/aromatic N) is 2. The van der Waals surface area contributed by atoms with Gasteiger partial charge in [-0.3, -0.25) is 0 Å². The summed E-state index contributed by atoms with van der Waals surface area (Å²) in [4.78, 5) is 2.69. The second-order valence-corrected chi connectivity index (χ2v) is 10.1. The third-order valence-corrected chi connectivity index (χ3v) is 8.17. The molecule has 0 aromatic heterocycles. The topological polar surface area (TPSA) is 66.6 Å². The van der Waals surface area contributed by atoms with Gasteiger partial charge in [-0.05, 0) is 68.0 Å². The third kappa shape index (κ3) is 4.14. The Kier molecular flexibility index (Phi) is 5.83. The van der Waals surface area contributed by atoms with Crippen LogP contribution in [0, 0.1) is 0 Å². The highest BCUT2D eigenvalue weighted by Crippen LogP contribution is 2.33. The maximum absolute atomic E-state index is 13.5. The van der Waals surface area contributed by atoms with Gasteiger partial charge in [0.15, 0.2) is 0 Å². The molecule has 1 heterocycles. The van der Waals surface area contributed by atoms with Crippen molar-refractivity contribution in [3.05, 3.63) is 53.6 Å². The van der Waals surface area contributed by atoms with Gasteiger partial charge < -0.3 is 10.6 Å². The molecule has 1 aliphatic heterocycles. The first kappa shape index (κ1) is 20.2. The molecule has 2 aliphatic rings. The number of fused-ring (bicyclic) bond motifs is 1. The van der Waals surface area contributed by atoms with E-state index in [0.29, 0.717) is 17.1 Å². The Morgan fingerprint density at radius 3 is 2.62 bits per heavy atom. The Morgan fingerprint density at radius 1 is 1.10 bits per heavy atom. The van der Waals surface area contributed by atoms with Crippen molar-refractivity contribution in [2.75, 3.05) is 23.7 Å². The molecule has 0 amide bonds. The zero-order valence-electron chi connectivity index (χ0n) is 17.2. The molecule has 2 aromatic carbocycles. The SMILES string of the molecule is CCN1CCCc2cc(CN(C3CCCC3)S(=O)(=O)c3cccc(N)c3)ccc21. The molecule has 156 valence electrons. The van der Waals surface area contributed by atoms with Crippen LogP contribution >= 0.6 is 0 Å². The van der Waals surface area contributed by atoms with Crippen molar-refractivity contribution in [3.63, 3.8) is 0 Å². The highest BCUT2D eigenvalue weighted by Gasteiger charge is 2.33. The fourth-order valence-corrected chi connectivity index (χ4v) is 6.48. The molecule has 2 N–H and O–H groups in total. The van der Waals surface area contributed by atoms with E-state index in [1.54, 1.807) is 28.6 Å². The number of hydrogen-bond donors (Lipinski definition) is 1. The average molecular weight is 414 g/mol. The molecule has 1 fully saturated rings. The highest BCUT2D eigenvalue weighted by molar-refractivity contribution is 7.89. The number of benzene rings is 2. The Balaban J connectivity index is 1.67. The second-order valence-electron chi connectivity index (χ2n) is 8.21. The van der Waals surface area contributed by atoms with Gasteiger partial charge in [0.2, 0.25) is 10.0 Å². The molecule has 6 heteroatoms. The summed E-state index contributed by atoms with van der Waals surface area (Å²) in [5.74, 6) is 0. The first-order valence-corrected chi connectivity index (χ1v) is 12.2. The van der Waals surface area contributed by atoms with Crippen LogP contribution < -0.4 is 10.6 Å². The van der Waals surface area contributed by atoms with E-state index in [2.05, 4.69) is 30.0 Å². The molecule has 0 atom stereocenters. The molecule has 0 unspecified atom stereocenters. The lowest BCUT2D eigenvalue weighted by Crippen LogP contribution is -2.38. The van der Waals surface area contributed by atoms with Gasteiger partial charge in [-0.25, -0.2) is 8.42 Å². The predicted octanol–water partition coefficient (Wildman–Crippen LogP) is 4.17. The Hall–Kier alpha value is -2.05. The molecule has 1 saturated carbocycles. The molecule has 0 spiro atoms. The van der Waals surface area contributed by atoms with Crippen molar-refractivity contribution < 1.29 is 8.42 Å². The average Bonchev–Trinajstić information content (AvgIpc) is 3.25. The van der Waals surface area contributed by atoms with Gasteiger partial charge in [0.1, 0.15) is 0 Å². The van der Waals surface area contributed by atoms with Crippen molar-refractivity contribution in [1.82, 2.24) is 4.31 Å². The Bertz CT molecular complexity index is 968. The van der Waals surface area contributed by atoms with E-state index in [1.807, 2.05) is 0 Å². The largest absolute Gasteiger partial charge is 0.399 e. The Morgan fingerprint density at radius 2 is 1.90 bits per heavy atom. The fourth-order valence-electron chi connectivity index (χ4n) is 4.75. The standard InChI is InChI=1S/C23H31N3O2S/c1-2-25-14-6-7-19-15-18(12-13-23(19)25)17-26(21-9-3-4-10-21)29(27,28)22-11-5-8-20(24)16-22/h5,8,11-13,15-16,21H,2-4,6-7,9-10,14,17,24H2,1H3. The van der Waals surface area contributed by atoms with Gasteiger partial charge in [0.25, 0.3) is 0 Å². The maximum atomic E-state index is 13.5. The van der Waals surface area contributed by atoms with Crippen LogP contribution in [0.5, 0.6) is 0 Å². The maximum Gasteiger partial charge on any atom is 0.243 e. The summed E-state index contributed by atoms with van der Waals surface area (Å²) in [5.41, 5.74) is 10.1. The number of rotatable bonds is 6. The number of sulfonamides is 1. The van der Waals surface area contributed by atoms with E-state index < -0.39 is 10.0 Å². The normalized spacial score (nSPS) is 17.7. The predicted molar refractivity (Wildman–Crippen MR) is 118 cm³/mol. The molecule has 5 nitrogen and oxygen atoms in total. The van der Waals surface area contributed by atoms with Crippen LogP contribution in [-0.4, -0.2) is 31.9 Å². The van der Waals surface area contributed by atoms with E-state index in [1.165, 1.54) is 11.3 Å². The molecule has 1 aliphatic carbocycles. The van der Waals surface area contributed by atoms with Crippen LogP contribution in [0.3, 0.4) is 0 Å². The summed E-state index contributed by atoms with van der Waals surface area (Å²) in [6, 6.07) is 13.2. The molecule has 0 radical (unpaired) electrons. The van der Waals surface area contributed by atoms with Crippen molar-refractivity contribution in [3.8, 4) is 0 Å². The van der Waals surface area contributed by atoms with Crippen molar-refractivity contribution in [1.29, 1.82) is 0 Å². The minimum Gasteiger partial charge on any atom is -0.399 e. The van der Waals surface area contributed by atoms with Gasteiger partial charge in [-0.2, -0.15) is 4.31 Å². The van der Waals surface area contributed by atoms with Gasteiger partial charge in [-0.1, -0.05) is 31.0 Å². The van der Waals surface area contributed by atoms with Crippen molar-refractivity contribution in [2.24, 2.45) is 0 Å².